The molecule has 1 aliphatic heterocycles. The zero-order valence-electron chi connectivity index (χ0n) is 17.2. The molecule has 5 heteroatoms. The van der Waals surface area contributed by atoms with Crippen LogP contribution < -0.4 is 4.74 Å². The van der Waals surface area contributed by atoms with Gasteiger partial charge in [0.25, 0.3) is 0 Å². The average Bonchev–Trinajstić information content (AvgIpc) is 2.70. The highest BCUT2D eigenvalue weighted by atomic mass is 19.4. The zero-order valence-corrected chi connectivity index (χ0v) is 17.2. The van der Waals surface area contributed by atoms with Gasteiger partial charge in [-0.05, 0) is 33.9 Å². The summed E-state index contributed by atoms with van der Waals surface area (Å²) in [7, 11) is 0. The van der Waals surface area contributed by atoms with Gasteiger partial charge in [-0.15, -0.1) is 0 Å². The summed E-state index contributed by atoms with van der Waals surface area (Å²) in [5.41, 5.74) is 0.717. The van der Waals surface area contributed by atoms with Crippen LogP contribution >= 0.6 is 0 Å². The summed E-state index contributed by atoms with van der Waals surface area (Å²) in [6.45, 7) is 4.01. The second kappa shape index (κ2) is 6.71. The van der Waals surface area contributed by atoms with E-state index in [4.69, 9.17) is 4.74 Å². The summed E-state index contributed by atoms with van der Waals surface area (Å²) in [5.74, 6) is 0.514. The normalized spacial score (nSPS) is 20.3. The predicted octanol–water partition coefficient (Wildman–Crippen LogP) is 7.03. The standard InChI is InChI=1S/C26H21F3O2/c1-25(2)13-19(30)24-21(14-25)31-20-11-10-15-6-3-4-9-18(15)23(20)22(24)16-7-5-8-17(12-16)26(27,28)29/h3-12,22H,13-14H2,1-2H3. The number of hydrogen-bond acceptors (Lipinski definition) is 2. The first-order valence-corrected chi connectivity index (χ1v) is 10.3. The maximum atomic E-state index is 13.5. The van der Waals surface area contributed by atoms with Gasteiger partial charge in [0.2, 0.25) is 0 Å². The maximum Gasteiger partial charge on any atom is 0.416 e. The highest BCUT2D eigenvalue weighted by Gasteiger charge is 2.43. The van der Waals surface area contributed by atoms with Crippen molar-refractivity contribution >= 4 is 16.6 Å². The Labute approximate surface area is 178 Å². The first-order valence-electron chi connectivity index (χ1n) is 10.3. The van der Waals surface area contributed by atoms with Crippen LogP contribution in [0.15, 0.2) is 72.0 Å². The van der Waals surface area contributed by atoms with Crippen LogP contribution in [0.2, 0.25) is 0 Å². The molecule has 1 unspecified atom stereocenters. The van der Waals surface area contributed by atoms with E-state index in [2.05, 4.69) is 0 Å². The Morgan fingerprint density at radius 2 is 1.74 bits per heavy atom. The van der Waals surface area contributed by atoms with Crippen molar-refractivity contribution < 1.29 is 22.7 Å². The quantitative estimate of drug-likeness (QED) is 0.421. The second-order valence-corrected chi connectivity index (χ2v) is 9.13. The molecule has 0 bridgehead atoms. The molecule has 0 radical (unpaired) electrons. The van der Waals surface area contributed by atoms with E-state index in [1.54, 1.807) is 6.07 Å². The number of benzene rings is 3. The lowest BCUT2D eigenvalue weighted by Gasteiger charge is -2.39. The van der Waals surface area contributed by atoms with Gasteiger partial charge < -0.3 is 4.74 Å². The fourth-order valence-corrected chi connectivity index (χ4v) is 4.86. The summed E-state index contributed by atoms with van der Waals surface area (Å²) in [6.07, 6.45) is -3.56. The molecular formula is C26H21F3O2. The monoisotopic (exact) mass is 422 g/mol. The van der Waals surface area contributed by atoms with Gasteiger partial charge in [0, 0.05) is 29.9 Å². The number of ether oxygens (including phenoxy) is 1. The molecule has 2 nitrogen and oxygen atoms in total. The van der Waals surface area contributed by atoms with Crippen LogP contribution in [0.5, 0.6) is 5.75 Å². The second-order valence-electron chi connectivity index (χ2n) is 9.13. The molecule has 158 valence electrons. The van der Waals surface area contributed by atoms with E-state index in [0.717, 1.165) is 22.4 Å². The van der Waals surface area contributed by atoms with E-state index in [0.29, 0.717) is 35.5 Å². The number of hydrogen-bond donors (Lipinski definition) is 0. The Kier molecular flexibility index (Phi) is 4.30. The largest absolute Gasteiger partial charge is 0.461 e. The van der Waals surface area contributed by atoms with E-state index >= 15 is 0 Å². The zero-order chi connectivity index (χ0) is 22.0. The summed E-state index contributed by atoms with van der Waals surface area (Å²) >= 11 is 0. The van der Waals surface area contributed by atoms with Crippen molar-refractivity contribution in [3.05, 3.63) is 88.7 Å². The van der Waals surface area contributed by atoms with Crippen molar-refractivity contribution in [1.29, 1.82) is 0 Å². The molecular weight excluding hydrogens is 401 g/mol. The topological polar surface area (TPSA) is 26.3 Å². The summed E-state index contributed by atoms with van der Waals surface area (Å²) < 4.78 is 46.7. The summed E-state index contributed by atoms with van der Waals surface area (Å²) in [6, 6.07) is 16.8. The molecule has 31 heavy (non-hydrogen) atoms. The van der Waals surface area contributed by atoms with E-state index in [-0.39, 0.29) is 11.2 Å². The lowest BCUT2D eigenvalue weighted by Crippen LogP contribution is -2.33. The number of halogens is 3. The van der Waals surface area contributed by atoms with E-state index in [9.17, 15) is 18.0 Å². The van der Waals surface area contributed by atoms with Crippen LogP contribution in [0.4, 0.5) is 13.2 Å². The Bertz CT molecular complexity index is 1250. The Balaban J connectivity index is 1.81. The fraction of sp³-hybridized carbons (Fsp3) is 0.269. The highest BCUT2D eigenvalue weighted by molar-refractivity contribution is 6.02. The van der Waals surface area contributed by atoms with Crippen LogP contribution in [0, 0.1) is 5.41 Å². The van der Waals surface area contributed by atoms with Gasteiger partial charge in [-0.1, -0.05) is 62.4 Å². The molecule has 1 heterocycles. The Hall–Kier alpha value is -3.08. The van der Waals surface area contributed by atoms with Gasteiger partial charge in [0.1, 0.15) is 11.5 Å². The average molecular weight is 422 g/mol. The van der Waals surface area contributed by atoms with Gasteiger partial charge in [0.15, 0.2) is 5.78 Å². The molecule has 0 spiro atoms. The van der Waals surface area contributed by atoms with E-state index < -0.39 is 17.7 Å². The Morgan fingerprint density at radius 1 is 0.968 bits per heavy atom. The van der Waals surface area contributed by atoms with Gasteiger partial charge in [-0.3, -0.25) is 4.79 Å². The number of carbonyl (C=O) groups is 1. The van der Waals surface area contributed by atoms with E-state index in [1.165, 1.54) is 12.1 Å². The lowest BCUT2D eigenvalue weighted by molar-refractivity contribution is -0.137. The lowest BCUT2D eigenvalue weighted by atomic mass is 9.69. The van der Waals surface area contributed by atoms with Crippen molar-refractivity contribution in [2.24, 2.45) is 5.41 Å². The number of allylic oxidation sites excluding steroid dienone is 2. The van der Waals surface area contributed by atoms with Gasteiger partial charge in [0.05, 0.1) is 5.56 Å². The van der Waals surface area contributed by atoms with Crippen molar-refractivity contribution in [1.82, 2.24) is 0 Å². The Morgan fingerprint density at radius 3 is 2.52 bits per heavy atom. The predicted molar refractivity (Wildman–Crippen MR) is 113 cm³/mol. The minimum atomic E-state index is -4.46. The summed E-state index contributed by atoms with van der Waals surface area (Å²) in [4.78, 5) is 13.3. The minimum Gasteiger partial charge on any atom is -0.461 e. The van der Waals surface area contributed by atoms with Gasteiger partial charge >= 0.3 is 6.18 Å². The van der Waals surface area contributed by atoms with E-state index in [1.807, 2.05) is 50.2 Å². The van der Waals surface area contributed by atoms with Crippen LogP contribution in [-0.4, -0.2) is 5.78 Å². The van der Waals surface area contributed by atoms with Crippen LogP contribution in [0.3, 0.4) is 0 Å². The van der Waals surface area contributed by atoms with Crippen molar-refractivity contribution in [2.75, 3.05) is 0 Å². The molecule has 1 atom stereocenters. The third-order valence-electron chi connectivity index (χ3n) is 6.17. The number of fused-ring (bicyclic) bond motifs is 3. The molecule has 5 rings (SSSR count). The van der Waals surface area contributed by atoms with Crippen molar-refractivity contribution in [3.8, 4) is 5.75 Å². The molecule has 0 fully saturated rings. The minimum absolute atomic E-state index is 0.0627. The highest BCUT2D eigenvalue weighted by Crippen LogP contribution is 2.52. The van der Waals surface area contributed by atoms with Crippen LogP contribution in [-0.2, 0) is 11.0 Å². The third-order valence-corrected chi connectivity index (χ3v) is 6.17. The fourth-order valence-electron chi connectivity index (χ4n) is 4.86. The molecule has 0 amide bonds. The van der Waals surface area contributed by atoms with Crippen LogP contribution in [0.1, 0.15) is 49.3 Å². The molecule has 3 aromatic rings. The molecule has 3 aromatic carbocycles. The number of alkyl halides is 3. The van der Waals surface area contributed by atoms with Gasteiger partial charge in [-0.25, -0.2) is 0 Å². The molecule has 0 aromatic heterocycles. The molecule has 1 aliphatic carbocycles. The number of rotatable bonds is 1. The first-order chi connectivity index (χ1) is 14.6. The number of Topliss-reactive ketones (excluding diaryl/α,β-unsaturated/α-hetero) is 1. The third kappa shape index (κ3) is 3.32. The first kappa shape index (κ1) is 19.9. The number of ketones is 1. The van der Waals surface area contributed by atoms with Crippen molar-refractivity contribution in [2.45, 2.75) is 38.8 Å². The SMILES string of the molecule is CC1(C)CC(=O)C2=C(C1)Oc1ccc3ccccc3c1C2c1cccc(C(F)(F)F)c1. The maximum absolute atomic E-state index is 13.5. The van der Waals surface area contributed by atoms with Crippen LogP contribution in [0.25, 0.3) is 10.8 Å². The molecule has 2 aliphatic rings. The number of carbonyl (C=O) groups excluding carboxylic acids is 1. The smallest absolute Gasteiger partial charge is 0.416 e. The van der Waals surface area contributed by atoms with Gasteiger partial charge in [-0.2, -0.15) is 13.2 Å². The molecule has 0 N–H and O–H groups in total. The summed E-state index contributed by atoms with van der Waals surface area (Å²) in [5, 5.41) is 1.83. The molecule has 0 saturated heterocycles. The molecule has 0 saturated carbocycles. The van der Waals surface area contributed by atoms with Crippen molar-refractivity contribution in [3.63, 3.8) is 0 Å².